The molecule has 13 heavy (non-hydrogen) atoms. The number of aromatic nitrogens is 2. The van der Waals surface area contributed by atoms with E-state index in [1.54, 1.807) is 0 Å². The van der Waals surface area contributed by atoms with Crippen LogP contribution in [0.4, 0.5) is 0 Å². The Bertz CT molecular complexity index is 448. The molecule has 2 rings (SSSR count). The van der Waals surface area contributed by atoms with Crippen molar-refractivity contribution in [2.75, 3.05) is 0 Å². The smallest absolute Gasteiger partial charge is 0.133 e. The van der Waals surface area contributed by atoms with Gasteiger partial charge in [0.15, 0.2) is 0 Å². The lowest BCUT2D eigenvalue weighted by atomic mass is 10.4. The second kappa shape index (κ2) is 3.42. The Kier molecular flexibility index (Phi) is 2.43. The molecule has 0 aliphatic carbocycles. The molecule has 0 N–H and O–H groups in total. The van der Waals surface area contributed by atoms with Crippen molar-refractivity contribution in [3.05, 3.63) is 33.2 Å². The molecular formula is C9H8Br2N2. The van der Waals surface area contributed by atoms with E-state index in [0.717, 1.165) is 26.8 Å². The third-order valence-corrected chi connectivity index (χ3v) is 3.15. The highest BCUT2D eigenvalue weighted by molar-refractivity contribution is 9.11. The molecule has 0 radical (unpaired) electrons. The molecule has 68 valence electrons. The molecule has 0 saturated heterocycles. The Hall–Kier alpha value is -0.350. The number of hydrogen-bond donors (Lipinski definition) is 0. The average Bonchev–Trinajstić information content (AvgIpc) is 2.44. The first-order chi connectivity index (χ1) is 6.24. The van der Waals surface area contributed by atoms with Crippen LogP contribution < -0.4 is 0 Å². The number of pyridine rings is 1. The molecule has 0 fully saturated rings. The maximum atomic E-state index is 4.42. The number of halogens is 2. The van der Waals surface area contributed by atoms with Crippen LogP contribution in [0, 0.1) is 0 Å². The average molecular weight is 304 g/mol. The highest BCUT2D eigenvalue weighted by Crippen LogP contribution is 2.26. The molecular weight excluding hydrogens is 296 g/mol. The maximum Gasteiger partial charge on any atom is 0.133 e. The fraction of sp³-hybridized carbons (Fsp3) is 0.222. The third-order valence-electron chi connectivity index (χ3n) is 1.96. The number of aryl methyl sites for hydroxylation is 1. The van der Waals surface area contributed by atoms with Gasteiger partial charge in [-0.15, -0.1) is 0 Å². The zero-order chi connectivity index (χ0) is 9.42. The Morgan fingerprint density at radius 3 is 2.92 bits per heavy atom. The van der Waals surface area contributed by atoms with Crippen LogP contribution in [-0.4, -0.2) is 9.38 Å². The summed E-state index contributed by atoms with van der Waals surface area (Å²) in [4.78, 5) is 4.42. The van der Waals surface area contributed by atoms with Crippen LogP contribution in [0.15, 0.2) is 27.4 Å². The Morgan fingerprint density at radius 1 is 1.46 bits per heavy atom. The molecule has 0 atom stereocenters. The summed E-state index contributed by atoms with van der Waals surface area (Å²) in [6.45, 7) is 2.10. The molecule has 0 amide bonds. The van der Waals surface area contributed by atoms with Gasteiger partial charge in [-0.05, 0) is 44.0 Å². The SMILES string of the molecule is CCc1nc(Br)c2c(Br)cccn12. The molecule has 0 unspecified atom stereocenters. The van der Waals surface area contributed by atoms with Gasteiger partial charge < -0.3 is 4.40 Å². The standard InChI is InChI=1S/C9H8Br2N2/c1-2-7-12-9(11)8-6(10)4-3-5-13(7)8/h3-5H,2H2,1H3. The summed E-state index contributed by atoms with van der Waals surface area (Å²) in [5, 5.41) is 0. The van der Waals surface area contributed by atoms with Gasteiger partial charge >= 0.3 is 0 Å². The van der Waals surface area contributed by atoms with Crippen LogP contribution in [0.25, 0.3) is 5.52 Å². The largest absolute Gasteiger partial charge is 0.302 e. The Balaban J connectivity index is 2.87. The number of nitrogens with zero attached hydrogens (tertiary/aromatic N) is 2. The highest BCUT2D eigenvalue weighted by atomic mass is 79.9. The summed E-state index contributed by atoms with van der Waals surface area (Å²) in [6, 6.07) is 4.02. The van der Waals surface area contributed by atoms with Crippen molar-refractivity contribution in [2.45, 2.75) is 13.3 Å². The summed E-state index contributed by atoms with van der Waals surface area (Å²) in [6.07, 6.45) is 2.96. The molecule has 4 heteroatoms. The van der Waals surface area contributed by atoms with Crippen LogP contribution in [-0.2, 0) is 6.42 Å². The first-order valence-corrected chi connectivity index (χ1v) is 5.63. The summed E-state index contributed by atoms with van der Waals surface area (Å²) in [5.74, 6) is 1.07. The van der Waals surface area contributed by atoms with Crippen molar-refractivity contribution < 1.29 is 0 Å². The van der Waals surface area contributed by atoms with Gasteiger partial charge in [0, 0.05) is 17.1 Å². The van der Waals surface area contributed by atoms with Crippen LogP contribution >= 0.6 is 31.9 Å². The predicted molar refractivity (Wildman–Crippen MR) is 60.0 cm³/mol. The Labute approximate surface area is 93.2 Å². The molecule has 2 aromatic rings. The minimum atomic E-state index is 0.900. The lowest BCUT2D eigenvalue weighted by Crippen LogP contribution is -1.91. The first-order valence-electron chi connectivity index (χ1n) is 4.05. The zero-order valence-electron chi connectivity index (χ0n) is 7.09. The van der Waals surface area contributed by atoms with E-state index in [0.29, 0.717) is 0 Å². The van der Waals surface area contributed by atoms with Gasteiger partial charge in [-0.25, -0.2) is 4.98 Å². The van der Waals surface area contributed by atoms with E-state index in [2.05, 4.69) is 48.2 Å². The number of rotatable bonds is 1. The molecule has 2 aromatic heterocycles. The van der Waals surface area contributed by atoms with Gasteiger partial charge in [0.25, 0.3) is 0 Å². The lowest BCUT2D eigenvalue weighted by molar-refractivity contribution is 0.930. The molecule has 0 aromatic carbocycles. The molecule has 2 nitrogen and oxygen atoms in total. The monoisotopic (exact) mass is 302 g/mol. The van der Waals surface area contributed by atoms with E-state index in [-0.39, 0.29) is 0 Å². The number of hydrogen-bond acceptors (Lipinski definition) is 1. The first kappa shape index (κ1) is 9.21. The van der Waals surface area contributed by atoms with Gasteiger partial charge in [0.2, 0.25) is 0 Å². The van der Waals surface area contributed by atoms with Crippen molar-refractivity contribution in [3.63, 3.8) is 0 Å². The molecule has 2 heterocycles. The van der Waals surface area contributed by atoms with Crippen molar-refractivity contribution >= 4 is 37.4 Å². The highest BCUT2D eigenvalue weighted by Gasteiger charge is 2.09. The summed E-state index contributed by atoms with van der Waals surface area (Å²) < 4.78 is 4.06. The summed E-state index contributed by atoms with van der Waals surface area (Å²) in [5.41, 5.74) is 1.10. The molecule has 0 saturated carbocycles. The van der Waals surface area contributed by atoms with Gasteiger partial charge in [0.1, 0.15) is 10.4 Å². The van der Waals surface area contributed by atoms with Crippen LogP contribution in [0.2, 0.25) is 0 Å². The topological polar surface area (TPSA) is 17.3 Å². The van der Waals surface area contributed by atoms with Crippen LogP contribution in [0.3, 0.4) is 0 Å². The van der Waals surface area contributed by atoms with Gasteiger partial charge in [-0.1, -0.05) is 6.92 Å². The van der Waals surface area contributed by atoms with E-state index in [9.17, 15) is 0 Å². The second-order valence-electron chi connectivity index (χ2n) is 2.75. The molecule has 0 spiro atoms. The summed E-state index contributed by atoms with van der Waals surface area (Å²) in [7, 11) is 0. The van der Waals surface area contributed by atoms with E-state index in [1.165, 1.54) is 0 Å². The summed E-state index contributed by atoms with van der Waals surface area (Å²) >= 11 is 6.95. The van der Waals surface area contributed by atoms with Crippen molar-refractivity contribution in [1.82, 2.24) is 9.38 Å². The van der Waals surface area contributed by atoms with Gasteiger partial charge in [-0.2, -0.15) is 0 Å². The maximum absolute atomic E-state index is 4.42. The van der Waals surface area contributed by atoms with E-state index < -0.39 is 0 Å². The quantitative estimate of drug-likeness (QED) is 0.789. The van der Waals surface area contributed by atoms with E-state index >= 15 is 0 Å². The van der Waals surface area contributed by atoms with E-state index in [4.69, 9.17) is 0 Å². The number of imidazole rings is 1. The molecule has 0 bridgehead atoms. The Morgan fingerprint density at radius 2 is 2.23 bits per heavy atom. The normalized spacial score (nSPS) is 11.0. The second-order valence-corrected chi connectivity index (χ2v) is 4.35. The predicted octanol–water partition coefficient (Wildman–Crippen LogP) is 3.42. The minimum Gasteiger partial charge on any atom is -0.302 e. The zero-order valence-corrected chi connectivity index (χ0v) is 10.3. The van der Waals surface area contributed by atoms with Gasteiger partial charge in [0.05, 0.1) is 5.52 Å². The number of fused-ring (bicyclic) bond motifs is 1. The van der Waals surface area contributed by atoms with Crippen molar-refractivity contribution in [3.8, 4) is 0 Å². The van der Waals surface area contributed by atoms with Gasteiger partial charge in [-0.3, -0.25) is 0 Å². The molecule has 0 aliphatic rings. The lowest BCUT2D eigenvalue weighted by Gasteiger charge is -1.98. The fourth-order valence-electron chi connectivity index (χ4n) is 1.36. The minimum absolute atomic E-state index is 0.900. The fourth-order valence-corrected chi connectivity index (χ4v) is 2.77. The third kappa shape index (κ3) is 1.42. The molecule has 0 aliphatic heterocycles. The van der Waals surface area contributed by atoms with Crippen molar-refractivity contribution in [1.29, 1.82) is 0 Å². The van der Waals surface area contributed by atoms with Crippen LogP contribution in [0.1, 0.15) is 12.7 Å². The van der Waals surface area contributed by atoms with E-state index in [1.807, 2.05) is 18.3 Å². The van der Waals surface area contributed by atoms with Crippen LogP contribution in [0.5, 0.6) is 0 Å². The van der Waals surface area contributed by atoms with Crippen molar-refractivity contribution in [2.24, 2.45) is 0 Å².